The van der Waals surface area contributed by atoms with Crippen LogP contribution in [-0.2, 0) is 0 Å². The van der Waals surface area contributed by atoms with Gasteiger partial charge in [-0.25, -0.2) is 0 Å². The highest BCUT2D eigenvalue weighted by atomic mass is 35.5. The van der Waals surface area contributed by atoms with Crippen LogP contribution < -0.4 is 0 Å². The van der Waals surface area contributed by atoms with Gasteiger partial charge in [-0.2, -0.15) is 0 Å². The van der Waals surface area contributed by atoms with E-state index in [1.807, 2.05) is 0 Å². The minimum Gasteiger partial charge on any atom is -0.306 e. The first-order valence-corrected chi connectivity index (χ1v) is 4.61. The van der Waals surface area contributed by atoms with Gasteiger partial charge in [0, 0.05) is 12.4 Å². The Morgan fingerprint density at radius 2 is 2.40 bits per heavy atom. The average molecular weight is 162 g/mol. The molecule has 1 unspecified atom stereocenters. The number of rotatable bonds is 2. The Morgan fingerprint density at radius 1 is 1.60 bits per heavy atom. The van der Waals surface area contributed by atoms with Crippen molar-refractivity contribution in [3.63, 3.8) is 0 Å². The maximum atomic E-state index is 5.66. The molecule has 0 amide bonds. The van der Waals surface area contributed by atoms with Gasteiger partial charge in [-0.3, -0.25) is 0 Å². The van der Waals surface area contributed by atoms with Gasteiger partial charge in [0.1, 0.15) is 0 Å². The van der Waals surface area contributed by atoms with Crippen molar-refractivity contribution >= 4 is 11.6 Å². The van der Waals surface area contributed by atoms with Gasteiger partial charge in [0.15, 0.2) is 0 Å². The second-order valence-corrected chi connectivity index (χ2v) is 3.63. The first-order valence-electron chi connectivity index (χ1n) is 4.07. The van der Waals surface area contributed by atoms with E-state index in [0.717, 1.165) is 11.8 Å². The molecule has 1 nitrogen and oxygen atoms in total. The standard InChI is InChI=1S/C8H16ClN/c1-10-6-2-3-8(7-10)4-5-9/h8H,2-7H2,1H3. The molecule has 0 aromatic heterocycles. The predicted octanol–water partition coefficient (Wildman–Crippen LogP) is 1.96. The van der Waals surface area contributed by atoms with E-state index in [-0.39, 0.29) is 0 Å². The van der Waals surface area contributed by atoms with Gasteiger partial charge in [0.2, 0.25) is 0 Å². The average Bonchev–Trinajstić information content (AvgIpc) is 1.88. The monoisotopic (exact) mass is 161 g/mol. The van der Waals surface area contributed by atoms with Gasteiger partial charge in [-0.05, 0) is 38.8 Å². The summed E-state index contributed by atoms with van der Waals surface area (Å²) in [5.41, 5.74) is 0. The van der Waals surface area contributed by atoms with E-state index >= 15 is 0 Å². The fraction of sp³-hybridized carbons (Fsp3) is 1.00. The molecule has 0 aromatic carbocycles. The molecule has 2 heteroatoms. The zero-order valence-corrected chi connectivity index (χ0v) is 7.40. The maximum absolute atomic E-state index is 5.66. The number of piperidine rings is 1. The zero-order valence-electron chi connectivity index (χ0n) is 6.65. The Hall–Kier alpha value is 0.250. The number of likely N-dealkylation sites (tertiary alicyclic amines) is 1. The molecule has 0 bridgehead atoms. The van der Waals surface area contributed by atoms with Crippen LogP contribution in [0.5, 0.6) is 0 Å². The van der Waals surface area contributed by atoms with Crippen LogP contribution in [0.3, 0.4) is 0 Å². The minimum atomic E-state index is 0.832. The predicted molar refractivity (Wildman–Crippen MR) is 45.6 cm³/mol. The lowest BCUT2D eigenvalue weighted by Gasteiger charge is -2.29. The Kier molecular flexibility index (Phi) is 3.50. The number of halogens is 1. The van der Waals surface area contributed by atoms with Crippen molar-refractivity contribution in [3.05, 3.63) is 0 Å². The fourth-order valence-corrected chi connectivity index (χ4v) is 1.97. The highest BCUT2D eigenvalue weighted by molar-refractivity contribution is 6.17. The van der Waals surface area contributed by atoms with Gasteiger partial charge in [-0.15, -0.1) is 11.6 Å². The van der Waals surface area contributed by atoms with Gasteiger partial charge >= 0.3 is 0 Å². The molecule has 1 fully saturated rings. The van der Waals surface area contributed by atoms with E-state index in [1.165, 1.54) is 32.4 Å². The summed E-state index contributed by atoms with van der Waals surface area (Å²) in [7, 11) is 2.19. The Balaban J connectivity index is 2.18. The SMILES string of the molecule is CN1CCCC(CCCl)C1. The van der Waals surface area contributed by atoms with Crippen LogP contribution in [0.25, 0.3) is 0 Å². The van der Waals surface area contributed by atoms with Gasteiger partial charge < -0.3 is 4.90 Å². The summed E-state index contributed by atoms with van der Waals surface area (Å²) in [6.45, 7) is 2.53. The van der Waals surface area contributed by atoms with E-state index < -0.39 is 0 Å². The van der Waals surface area contributed by atoms with Crippen molar-refractivity contribution in [1.82, 2.24) is 4.90 Å². The summed E-state index contributed by atoms with van der Waals surface area (Å²) in [5.74, 6) is 1.70. The molecule has 0 saturated carbocycles. The quantitative estimate of drug-likeness (QED) is 0.560. The van der Waals surface area contributed by atoms with Crippen molar-refractivity contribution in [2.24, 2.45) is 5.92 Å². The van der Waals surface area contributed by atoms with Crippen LogP contribution in [0.15, 0.2) is 0 Å². The molecular formula is C8H16ClN. The Bertz CT molecular complexity index is 93.3. The van der Waals surface area contributed by atoms with Crippen LogP contribution in [0.4, 0.5) is 0 Å². The number of nitrogens with zero attached hydrogens (tertiary/aromatic N) is 1. The third kappa shape index (κ3) is 2.47. The molecule has 1 heterocycles. The zero-order chi connectivity index (χ0) is 7.40. The highest BCUT2D eigenvalue weighted by Gasteiger charge is 2.15. The second kappa shape index (κ2) is 4.20. The van der Waals surface area contributed by atoms with Crippen molar-refractivity contribution in [1.29, 1.82) is 0 Å². The van der Waals surface area contributed by atoms with Gasteiger partial charge in [0.05, 0.1) is 0 Å². The molecule has 10 heavy (non-hydrogen) atoms. The number of alkyl halides is 1. The lowest BCUT2D eigenvalue weighted by Crippen LogP contribution is -2.32. The van der Waals surface area contributed by atoms with Crippen LogP contribution in [0, 0.1) is 5.92 Å². The third-order valence-corrected chi connectivity index (χ3v) is 2.46. The number of hydrogen-bond acceptors (Lipinski definition) is 1. The Morgan fingerprint density at radius 3 is 3.00 bits per heavy atom. The molecule has 0 aliphatic carbocycles. The topological polar surface area (TPSA) is 3.24 Å². The largest absolute Gasteiger partial charge is 0.306 e. The summed E-state index contributed by atoms with van der Waals surface area (Å²) in [6.07, 6.45) is 3.95. The van der Waals surface area contributed by atoms with Crippen LogP contribution in [0.1, 0.15) is 19.3 Å². The first kappa shape index (κ1) is 8.35. The maximum Gasteiger partial charge on any atom is 0.0226 e. The molecule has 1 saturated heterocycles. The normalized spacial score (nSPS) is 28.8. The Labute approximate surface area is 68.4 Å². The molecule has 60 valence electrons. The van der Waals surface area contributed by atoms with Crippen molar-refractivity contribution in [3.8, 4) is 0 Å². The van der Waals surface area contributed by atoms with Crippen LogP contribution >= 0.6 is 11.6 Å². The lowest BCUT2D eigenvalue weighted by molar-refractivity contribution is 0.207. The number of hydrogen-bond donors (Lipinski definition) is 0. The van der Waals surface area contributed by atoms with Crippen molar-refractivity contribution < 1.29 is 0 Å². The van der Waals surface area contributed by atoms with E-state index in [9.17, 15) is 0 Å². The van der Waals surface area contributed by atoms with E-state index in [4.69, 9.17) is 11.6 Å². The lowest BCUT2D eigenvalue weighted by atomic mass is 9.96. The van der Waals surface area contributed by atoms with Crippen molar-refractivity contribution in [2.45, 2.75) is 19.3 Å². The molecule has 1 aliphatic rings. The van der Waals surface area contributed by atoms with E-state index in [1.54, 1.807) is 0 Å². The van der Waals surface area contributed by atoms with E-state index in [0.29, 0.717) is 0 Å². The van der Waals surface area contributed by atoms with Crippen molar-refractivity contribution in [2.75, 3.05) is 26.0 Å². The summed E-state index contributed by atoms with van der Waals surface area (Å²) < 4.78 is 0. The second-order valence-electron chi connectivity index (χ2n) is 3.25. The molecule has 0 radical (unpaired) electrons. The molecule has 1 atom stereocenters. The van der Waals surface area contributed by atoms with Gasteiger partial charge in [-0.1, -0.05) is 0 Å². The van der Waals surface area contributed by atoms with Crippen LogP contribution in [-0.4, -0.2) is 30.9 Å². The summed E-state index contributed by atoms with van der Waals surface area (Å²) in [6, 6.07) is 0. The van der Waals surface area contributed by atoms with E-state index in [2.05, 4.69) is 11.9 Å². The first-order chi connectivity index (χ1) is 4.83. The molecule has 1 rings (SSSR count). The summed E-state index contributed by atoms with van der Waals surface area (Å²) in [5, 5.41) is 0. The molecule has 1 aliphatic heterocycles. The molecule has 0 spiro atoms. The minimum absolute atomic E-state index is 0.832. The van der Waals surface area contributed by atoms with Gasteiger partial charge in [0.25, 0.3) is 0 Å². The smallest absolute Gasteiger partial charge is 0.0226 e. The molecular weight excluding hydrogens is 146 g/mol. The molecule has 0 aromatic rings. The summed E-state index contributed by atoms with van der Waals surface area (Å²) in [4.78, 5) is 2.40. The summed E-state index contributed by atoms with van der Waals surface area (Å²) >= 11 is 5.66. The fourth-order valence-electron chi connectivity index (χ4n) is 1.66. The molecule has 0 N–H and O–H groups in total. The third-order valence-electron chi connectivity index (χ3n) is 2.24. The van der Waals surface area contributed by atoms with Crippen LogP contribution in [0.2, 0.25) is 0 Å². The highest BCUT2D eigenvalue weighted by Crippen LogP contribution is 2.18.